The van der Waals surface area contributed by atoms with Crippen LogP contribution in [-0.2, 0) is 10.3 Å². The molecule has 31 heavy (non-hydrogen) atoms. The van der Waals surface area contributed by atoms with Crippen LogP contribution in [0.3, 0.4) is 0 Å². The van der Waals surface area contributed by atoms with Gasteiger partial charge in [0, 0.05) is 29.2 Å². The first-order chi connectivity index (χ1) is 14.8. The molecule has 0 bridgehead atoms. The molecule has 0 radical (unpaired) electrons. The number of amides is 1. The number of aromatic nitrogens is 4. The Morgan fingerprint density at radius 3 is 2.81 bits per heavy atom. The van der Waals surface area contributed by atoms with E-state index in [2.05, 4.69) is 31.8 Å². The smallest absolute Gasteiger partial charge is 0.258 e. The summed E-state index contributed by atoms with van der Waals surface area (Å²) in [5, 5.41) is 19.9. The van der Waals surface area contributed by atoms with Crippen LogP contribution in [0.5, 0.6) is 0 Å². The van der Waals surface area contributed by atoms with Gasteiger partial charge in [0.15, 0.2) is 0 Å². The van der Waals surface area contributed by atoms with Crippen molar-refractivity contribution >= 4 is 22.9 Å². The third-order valence-electron chi connectivity index (χ3n) is 5.34. The third kappa shape index (κ3) is 3.66. The largest absolute Gasteiger partial charge is 0.356 e. The molecule has 0 saturated carbocycles. The summed E-state index contributed by atoms with van der Waals surface area (Å²) in [5.41, 5.74) is 5.52. The van der Waals surface area contributed by atoms with Crippen molar-refractivity contribution in [1.82, 2.24) is 19.7 Å². The van der Waals surface area contributed by atoms with Gasteiger partial charge in [-0.25, -0.2) is 0 Å². The number of fused-ring (bicyclic) bond motifs is 1. The van der Waals surface area contributed by atoms with Gasteiger partial charge in [-0.1, -0.05) is 6.92 Å². The second-order valence-corrected chi connectivity index (χ2v) is 7.94. The standard InChI is InChI=1S/C23H23N7O/c1-5-18(28-15-9-27-30(12-15)23(3,4)13-24)21-16-8-19(17-10-25-7-6-14(17)2)26-11-20(16)29-22(21)31/h6-12,28H,5H2,1-4H3,(H,29,31)/b21-18-. The first-order valence-electron chi connectivity index (χ1n) is 10.0. The maximum Gasteiger partial charge on any atom is 0.258 e. The summed E-state index contributed by atoms with van der Waals surface area (Å²) in [5.74, 6) is -0.175. The highest BCUT2D eigenvalue weighted by molar-refractivity contribution is 6.32. The summed E-state index contributed by atoms with van der Waals surface area (Å²) in [4.78, 5) is 21.6. The molecule has 0 fully saturated rings. The number of hydrogen-bond donors (Lipinski definition) is 2. The van der Waals surface area contributed by atoms with Crippen molar-refractivity contribution in [3.05, 3.63) is 59.9 Å². The Morgan fingerprint density at radius 2 is 2.10 bits per heavy atom. The zero-order valence-corrected chi connectivity index (χ0v) is 17.9. The van der Waals surface area contributed by atoms with E-state index in [0.717, 1.165) is 28.1 Å². The van der Waals surface area contributed by atoms with Gasteiger partial charge in [0.1, 0.15) is 5.54 Å². The maximum absolute atomic E-state index is 12.8. The summed E-state index contributed by atoms with van der Waals surface area (Å²) >= 11 is 0. The first kappa shape index (κ1) is 20.3. The van der Waals surface area contributed by atoms with E-state index >= 15 is 0 Å². The molecule has 3 aromatic rings. The minimum atomic E-state index is -0.765. The second-order valence-electron chi connectivity index (χ2n) is 7.94. The lowest BCUT2D eigenvalue weighted by molar-refractivity contribution is -0.110. The molecule has 8 nitrogen and oxygen atoms in total. The molecule has 1 aliphatic heterocycles. The predicted molar refractivity (Wildman–Crippen MR) is 119 cm³/mol. The van der Waals surface area contributed by atoms with E-state index in [1.807, 2.05) is 26.0 Å². The molecule has 0 spiro atoms. The number of aryl methyl sites for hydroxylation is 1. The normalized spacial score (nSPS) is 14.6. The van der Waals surface area contributed by atoms with Gasteiger partial charge in [-0.15, -0.1) is 0 Å². The highest BCUT2D eigenvalue weighted by atomic mass is 16.2. The van der Waals surface area contributed by atoms with Gasteiger partial charge in [0.25, 0.3) is 5.91 Å². The van der Waals surface area contributed by atoms with Crippen LogP contribution >= 0.6 is 0 Å². The average Bonchev–Trinajstić information content (AvgIpc) is 3.36. The number of pyridine rings is 2. The molecule has 1 aliphatic rings. The van der Waals surface area contributed by atoms with Gasteiger partial charge < -0.3 is 10.6 Å². The minimum Gasteiger partial charge on any atom is -0.356 e. The lowest BCUT2D eigenvalue weighted by Gasteiger charge is -2.15. The van der Waals surface area contributed by atoms with Crippen LogP contribution in [0.2, 0.25) is 0 Å². The van der Waals surface area contributed by atoms with E-state index in [1.54, 1.807) is 49.5 Å². The van der Waals surface area contributed by atoms with E-state index in [0.29, 0.717) is 23.4 Å². The summed E-state index contributed by atoms with van der Waals surface area (Å²) in [6, 6.07) is 6.08. The molecular weight excluding hydrogens is 390 g/mol. The molecule has 8 heteroatoms. The van der Waals surface area contributed by atoms with E-state index in [9.17, 15) is 10.1 Å². The molecule has 156 valence electrons. The number of nitriles is 1. The summed E-state index contributed by atoms with van der Waals surface area (Å²) in [6.45, 7) is 7.57. The summed E-state index contributed by atoms with van der Waals surface area (Å²) in [7, 11) is 0. The highest BCUT2D eigenvalue weighted by Gasteiger charge is 2.29. The molecule has 0 unspecified atom stereocenters. The second kappa shape index (κ2) is 7.69. The molecular formula is C23H23N7O. The molecule has 4 heterocycles. The molecule has 0 atom stereocenters. The van der Waals surface area contributed by atoms with Gasteiger partial charge in [0.2, 0.25) is 0 Å². The van der Waals surface area contributed by atoms with E-state index in [4.69, 9.17) is 0 Å². The van der Waals surface area contributed by atoms with Crippen LogP contribution in [0.15, 0.2) is 48.8 Å². The minimum absolute atomic E-state index is 0.175. The van der Waals surface area contributed by atoms with Crippen molar-refractivity contribution in [2.75, 3.05) is 10.6 Å². The fraction of sp³-hybridized carbons (Fsp3) is 0.261. The van der Waals surface area contributed by atoms with Crippen LogP contribution in [-0.4, -0.2) is 25.7 Å². The Kier molecular flexibility index (Phi) is 5.03. The molecule has 2 N–H and O–H groups in total. The van der Waals surface area contributed by atoms with Crippen molar-refractivity contribution in [2.24, 2.45) is 0 Å². The quantitative estimate of drug-likeness (QED) is 0.610. The topological polar surface area (TPSA) is 109 Å². The van der Waals surface area contributed by atoms with E-state index in [-0.39, 0.29) is 5.91 Å². The number of hydrogen-bond acceptors (Lipinski definition) is 6. The van der Waals surface area contributed by atoms with Crippen molar-refractivity contribution < 1.29 is 4.79 Å². The lowest BCUT2D eigenvalue weighted by atomic mass is 10.0. The van der Waals surface area contributed by atoms with Crippen LogP contribution in [0.25, 0.3) is 16.8 Å². The lowest BCUT2D eigenvalue weighted by Crippen LogP contribution is -2.24. The molecule has 1 amide bonds. The third-order valence-corrected chi connectivity index (χ3v) is 5.34. The number of carbonyl (C=O) groups excluding carboxylic acids is 1. The molecule has 3 aromatic heterocycles. The SMILES string of the molecule is CC/C(Nc1cnn(C(C)(C)C#N)c1)=C1/C(=O)Nc2cnc(-c3cnccc3C)cc21. The number of carbonyl (C=O) groups is 1. The molecule has 0 aliphatic carbocycles. The number of anilines is 2. The Balaban J connectivity index is 1.75. The zero-order chi connectivity index (χ0) is 22.2. The molecule has 4 rings (SSSR count). The number of rotatable bonds is 5. The molecule has 0 aromatic carbocycles. The Morgan fingerprint density at radius 1 is 1.29 bits per heavy atom. The van der Waals surface area contributed by atoms with Gasteiger partial charge in [-0.05, 0) is 44.9 Å². The van der Waals surface area contributed by atoms with Crippen LogP contribution in [0, 0.1) is 18.3 Å². The average molecular weight is 413 g/mol. The Labute approximate surface area is 180 Å². The van der Waals surface area contributed by atoms with Gasteiger partial charge in [-0.2, -0.15) is 10.4 Å². The predicted octanol–water partition coefficient (Wildman–Crippen LogP) is 4.09. The number of nitrogens with one attached hydrogen (secondary N) is 2. The number of allylic oxidation sites excluding steroid dienone is 1. The van der Waals surface area contributed by atoms with E-state index < -0.39 is 5.54 Å². The van der Waals surface area contributed by atoms with Gasteiger partial charge in [0.05, 0.1) is 47.3 Å². The Bertz CT molecular complexity index is 1250. The highest BCUT2D eigenvalue weighted by Crippen LogP contribution is 2.37. The first-order valence-corrected chi connectivity index (χ1v) is 10.0. The Hall–Kier alpha value is -3.99. The van der Waals surface area contributed by atoms with Crippen LogP contribution < -0.4 is 10.6 Å². The van der Waals surface area contributed by atoms with Crippen LogP contribution in [0.4, 0.5) is 11.4 Å². The summed E-state index contributed by atoms with van der Waals surface area (Å²) < 4.78 is 1.60. The number of nitrogens with zero attached hydrogens (tertiary/aromatic N) is 5. The fourth-order valence-corrected chi connectivity index (χ4v) is 3.49. The zero-order valence-electron chi connectivity index (χ0n) is 17.9. The van der Waals surface area contributed by atoms with Gasteiger partial charge >= 0.3 is 0 Å². The summed E-state index contributed by atoms with van der Waals surface area (Å²) in [6.07, 6.45) is 9.24. The monoisotopic (exact) mass is 413 g/mol. The maximum atomic E-state index is 12.8. The van der Waals surface area contributed by atoms with Gasteiger partial charge in [-0.3, -0.25) is 19.4 Å². The van der Waals surface area contributed by atoms with Crippen molar-refractivity contribution in [1.29, 1.82) is 5.26 Å². The van der Waals surface area contributed by atoms with Crippen molar-refractivity contribution in [3.63, 3.8) is 0 Å². The van der Waals surface area contributed by atoms with Crippen LogP contribution in [0.1, 0.15) is 38.3 Å². The van der Waals surface area contributed by atoms with Crippen molar-refractivity contribution in [2.45, 2.75) is 39.7 Å². The fourth-order valence-electron chi connectivity index (χ4n) is 3.49. The van der Waals surface area contributed by atoms with Crippen molar-refractivity contribution in [3.8, 4) is 17.3 Å². The molecule has 0 saturated heterocycles. The van der Waals surface area contributed by atoms with E-state index in [1.165, 1.54) is 0 Å².